The normalized spacial score (nSPS) is 21.1. The second kappa shape index (κ2) is 4.46. The van der Waals surface area contributed by atoms with Gasteiger partial charge in [0.15, 0.2) is 5.82 Å². The number of aromatic nitrogens is 2. The van der Waals surface area contributed by atoms with Gasteiger partial charge in [0.1, 0.15) is 0 Å². The van der Waals surface area contributed by atoms with Gasteiger partial charge >= 0.3 is 17.8 Å². The number of halogens is 3. The van der Waals surface area contributed by atoms with Crippen molar-refractivity contribution in [1.29, 1.82) is 0 Å². The number of nitrogens with zero attached hydrogens (tertiary/aromatic N) is 2. The lowest BCUT2D eigenvalue weighted by Gasteiger charge is -2.34. The van der Waals surface area contributed by atoms with Crippen molar-refractivity contribution in [2.45, 2.75) is 31.5 Å². The van der Waals surface area contributed by atoms with Crippen LogP contribution < -0.4 is 5.76 Å². The average Bonchev–Trinajstić information content (AvgIpc) is 2.73. The molecule has 18 heavy (non-hydrogen) atoms. The molecule has 2 heterocycles. The molecule has 1 aliphatic heterocycles. The second-order valence-electron chi connectivity index (χ2n) is 3.99. The molecule has 0 bridgehead atoms. The Bertz CT molecular complexity index is 493. The van der Waals surface area contributed by atoms with Crippen LogP contribution in [0, 0.1) is 0 Å². The Labute approximate surface area is 98.7 Å². The number of amides is 1. The van der Waals surface area contributed by atoms with E-state index in [1.807, 2.05) is 0 Å². The van der Waals surface area contributed by atoms with Crippen LogP contribution in [0.15, 0.2) is 9.32 Å². The quantitative estimate of drug-likeness (QED) is 0.820. The van der Waals surface area contributed by atoms with Crippen LogP contribution >= 0.6 is 0 Å². The van der Waals surface area contributed by atoms with Gasteiger partial charge in [-0.3, -0.25) is 14.3 Å². The fourth-order valence-corrected chi connectivity index (χ4v) is 2.01. The predicted octanol–water partition coefficient (Wildman–Crippen LogP) is 0.979. The molecule has 1 unspecified atom stereocenters. The maximum absolute atomic E-state index is 12.4. The number of alkyl halides is 3. The Balaban J connectivity index is 2.26. The third-order valence-corrected chi connectivity index (χ3v) is 2.78. The monoisotopic (exact) mass is 265 g/mol. The van der Waals surface area contributed by atoms with Crippen LogP contribution in [0.1, 0.15) is 31.1 Å². The number of likely N-dealkylation sites (tertiary alicyclic amines) is 1. The van der Waals surface area contributed by atoms with E-state index >= 15 is 0 Å². The van der Waals surface area contributed by atoms with E-state index in [4.69, 9.17) is 0 Å². The standard InChI is InChI=1S/C9H10F3N3O3/c10-9(11,12)7(16)15-4-2-1-3-5(15)6-13-8(17)18-14-6/h5H,1-4H2,(H,13,14,17). The predicted molar refractivity (Wildman–Crippen MR) is 51.5 cm³/mol. The summed E-state index contributed by atoms with van der Waals surface area (Å²) in [5.74, 6) is -2.82. The first-order chi connectivity index (χ1) is 8.39. The molecule has 1 N–H and O–H groups in total. The largest absolute Gasteiger partial charge is 0.471 e. The topological polar surface area (TPSA) is 79.2 Å². The van der Waals surface area contributed by atoms with Crippen LogP contribution in [-0.4, -0.2) is 33.7 Å². The summed E-state index contributed by atoms with van der Waals surface area (Å²) in [7, 11) is 0. The van der Waals surface area contributed by atoms with Crippen LogP contribution in [0.4, 0.5) is 13.2 Å². The average molecular weight is 265 g/mol. The molecule has 100 valence electrons. The fraction of sp³-hybridized carbons (Fsp3) is 0.667. The van der Waals surface area contributed by atoms with E-state index in [-0.39, 0.29) is 12.4 Å². The van der Waals surface area contributed by atoms with Crippen molar-refractivity contribution >= 4 is 5.91 Å². The number of H-pyrrole nitrogens is 1. The second-order valence-corrected chi connectivity index (χ2v) is 3.99. The van der Waals surface area contributed by atoms with Gasteiger partial charge in [-0.25, -0.2) is 4.79 Å². The van der Waals surface area contributed by atoms with E-state index in [0.717, 1.165) is 0 Å². The summed E-state index contributed by atoms with van der Waals surface area (Å²) >= 11 is 0. The number of nitrogens with one attached hydrogen (secondary N) is 1. The van der Waals surface area contributed by atoms with E-state index < -0.39 is 23.9 Å². The van der Waals surface area contributed by atoms with Crippen molar-refractivity contribution in [1.82, 2.24) is 15.0 Å². The first kappa shape index (κ1) is 12.7. The summed E-state index contributed by atoms with van der Waals surface area (Å²) < 4.78 is 41.5. The molecular formula is C9H10F3N3O3. The maximum atomic E-state index is 12.4. The number of carbonyl (C=O) groups excluding carboxylic acids is 1. The zero-order valence-corrected chi connectivity index (χ0v) is 9.16. The molecule has 0 aliphatic carbocycles. The number of hydrogen-bond acceptors (Lipinski definition) is 4. The maximum Gasteiger partial charge on any atom is 0.471 e. The van der Waals surface area contributed by atoms with Crippen LogP contribution in [0.25, 0.3) is 0 Å². The van der Waals surface area contributed by atoms with Crippen molar-refractivity contribution in [3.63, 3.8) is 0 Å². The summed E-state index contributed by atoms with van der Waals surface area (Å²) in [5.41, 5.74) is 0. The third-order valence-electron chi connectivity index (χ3n) is 2.78. The zero-order chi connectivity index (χ0) is 13.3. The number of aromatic amines is 1. The lowest BCUT2D eigenvalue weighted by molar-refractivity contribution is -0.189. The fourth-order valence-electron chi connectivity index (χ4n) is 2.01. The van der Waals surface area contributed by atoms with Gasteiger partial charge in [-0.05, 0) is 19.3 Å². The van der Waals surface area contributed by atoms with Crippen LogP contribution in [0.5, 0.6) is 0 Å². The first-order valence-electron chi connectivity index (χ1n) is 5.33. The lowest BCUT2D eigenvalue weighted by Crippen LogP contribution is -2.45. The Hall–Kier alpha value is -1.80. The molecule has 0 saturated carbocycles. The number of carbonyl (C=O) groups is 1. The van der Waals surface area contributed by atoms with Gasteiger partial charge in [0.2, 0.25) is 0 Å². The molecule has 1 saturated heterocycles. The van der Waals surface area contributed by atoms with E-state index in [1.165, 1.54) is 0 Å². The van der Waals surface area contributed by atoms with E-state index in [9.17, 15) is 22.8 Å². The highest BCUT2D eigenvalue weighted by Gasteiger charge is 2.46. The van der Waals surface area contributed by atoms with Crippen molar-refractivity contribution in [2.75, 3.05) is 6.54 Å². The van der Waals surface area contributed by atoms with Crippen molar-refractivity contribution in [2.24, 2.45) is 0 Å². The highest BCUT2D eigenvalue weighted by molar-refractivity contribution is 5.82. The molecule has 1 atom stereocenters. The lowest BCUT2D eigenvalue weighted by atomic mass is 10.0. The molecule has 1 aromatic rings. The molecule has 0 aromatic carbocycles. The SMILES string of the molecule is O=C(N1CCCCC1c1noc(=O)[nH]1)C(F)(F)F. The highest BCUT2D eigenvalue weighted by Crippen LogP contribution is 2.32. The summed E-state index contributed by atoms with van der Waals surface area (Å²) in [5, 5.41) is 3.35. The van der Waals surface area contributed by atoms with Gasteiger partial charge in [-0.15, -0.1) is 0 Å². The molecule has 0 spiro atoms. The van der Waals surface area contributed by atoms with Gasteiger partial charge in [-0.2, -0.15) is 13.2 Å². The molecule has 1 aromatic heterocycles. The summed E-state index contributed by atoms with van der Waals surface area (Å²) in [6.45, 7) is -0.0160. The van der Waals surface area contributed by atoms with Gasteiger partial charge in [0.25, 0.3) is 0 Å². The Morgan fingerprint density at radius 2 is 2.17 bits per heavy atom. The van der Waals surface area contributed by atoms with Crippen molar-refractivity contribution in [3.8, 4) is 0 Å². The minimum atomic E-state index is -4.93. The van der Waals surface area contributed by atoms with Crippen molar-refractivity contribution < 1.29 is 22.5 Å². The highest BCUT2D eigenvalue weighted by atomic mass is 19.4. The molecule has 1 fully saturated rings. The molecule has 2 rings (SSSR count). The molecular weight excluding hydrogens is 255 g/mol. The minimum Gasteiger partial charge on any atom is -0.325 e. The molecule has 0 radical (unpaired) electrons. The molecule has 9 heteroatoms. The van der Waals surface area contributed by atoms with Crippen LogP contribution in [-0.2, 0) is 4.79 Å². The molecule has 6 nitrogen and oxygen atoms in total. The van der Waals surface area contributed by atoms with Gasteiger partial charge in [0.05, 0.1) is 6.04 Å². The van der Waals surface area contributed by atoms with E-state index in [2.05, 4.69) is 14.7 Å². The van der Waals surface area contributed by atoms with E-state index in [0.29, 0.717) is 24.2 Å². The summed E-state index contributed by atoms with van der Waals surface area (Å²) in [6, 6.07) is -0.890. The Morgan fingerprint density at radius 3 is 2.72 bits per heavy atom. The number of hydrogen-bond donors (Lipinski definition) is 1. The minimum absolute atomic E-state index is 0.0160. The Kier molecular flexibility index (Phi) is 3.14. The number of rotatable bonds is 1. The summed E-state index contributed by atoms with van der Waals surface area (Å²) in [6.07, 6.45) is -3.48. The smallest absolute Gasteiger partial charge is 0.325 e. The van der Waals surface area contributed by atoms with Gasteiger partial charge in [0, 0.05) is 6.54 Å². The third kappa shape index (κ3) is 2.39. The van der Waals surface area contributed by atoms with Crippen molar-refractivity contribution in [3.05, 3.63) is 16.4 Å². The Morgan fingerprint density at radius 1 is 1.44 bits per heavy atom. The summed E-state index contributed by atoms with van der Waals surface area (Å²) in [4.78, 5) is 24.9. The first-order valence-corrected chi connectivity index (χ1v) is 5.33. The van der Waals surface area contributed by atoms with Gasteiger partial charge < -0.3 is 4.90 Å². The van der Waals surface area contributed by atoms with Gasteiger partial charge in [-0.1, -0.05) is 5.16 Å². The van der Waals surface area contributed by atoms with Crippen LogP contribution in [0.2, 0.25) is 0 Å². The van der Waals surface area contributed by atoms with E-state index in [1.54, 1.807) is 0 Å². The molecule has 1 amide bonds. The molecule has 1 aliphatic rings. The van der Waals surface area contributed by atoms with Crippen LogP contribution in [0.3, 0.4) is 0 Å². The number of piperidine rings is 1. The zero-order valence-electron chi connectivity index (χ0n) is 9.16.